The molecule has 1 N–H and O–H groups in total. The molecule has 2 aromatic heterocycles. The van der Waals surface area contributed by atoms with E-state index in [2.05, 4.69) is 25.8 Å². The minimum atomic E-state index is 0.646. The normalized spacial score (nSPS) is 20.6. The summed E-state index contributed by atoms with van der Waals surface area (Å²) in [6, 6.07) is 4.70. The molecule has 5 nitrogen and oxygen atoms in total. The Morgan fingerprint density at radius 2 is 2.10 bits per heavy atom. The summed E-state index contributed by atoms with van der Waals surface area (Å²) < 4.78 is 2.39. The summed E-state index contributed by atoms with van der Waals surface area (Å²) in [6.07, 6.45) is 5.47. The van der Waals surface area contributed by atoms with Crippen LogP contribution in [-0.4, -0.2) is 52.2 Å². The van der Waals surface area contributed by atoms with Crippen LogP contribution in [0.3, 0.4) is 0 Å². The van der Waals surface area contributed by atoms with E-state index in [9.17, 15) is 0 Å². The summed E-state index contributed by atoms with van der Waals surface area (Å²) >= 11 is 0. The molecular weight excluding hydrogens is 250 g/mol. The number of pyridine rings is 1. The van der Waals surface area contributed by atoms with Crippen molar-refractivity contribution in [3.05, 3.63) is 24.2 Å². The lowest BCUT2D eigenvalue weighted by Gasteiger charge is -2.27. The van der Waals surface area contributed by atoms with Gasteiger partial charge in [0.1, 0.15) is 11.3 Å². The van der Waals surface area contributed by atoms with E-state index in [-0.39, 0.29) is 0 Å². The summed E-state index contributed by atoms with van der Waals surface area (Å²) in [7, 11) is 0. The minimum absolute atomic E-state index is 0.646. The summed E-state index contributed by atoms with van der Waals surface area (Å²) in [6.45, 7) is 5.64. The second-order valence-electron chi connectivity index (χ2n) is 5.82. The molecule has 1 aliphatic carbocycles. The number of rotatable bonds is 4. The quantitative estimate of drug-likeness (QED) is 0.908. The molecule has 0 aromatic carbocycles. The molecule has 2 aromatic rings. The van der Waals surface area contributed by atoms with Gasteiger partial charge in [0.25, 0.3) is 0 Å². The van der Waals surface area contributed by atoms with Crippen molar-refractivity contribution in [2.45, 2.75) is 25.3 Å². The maximum absolute atomic E-state index is 4.82. The van der Waals surface area contributed by atoms with Crippen LogP contribution in [0.2, 0.25) is 0 Å². The summed E-state index contributed by atoms with van der Waals surface area (Å²) in [5, 5.41) is 3.40. The molecule has 0 radical (unpaired) electrons. The topological polar surface area (TPSA) is 46.0 Å². The zero-order chi connectivity index (χ0) is 13.4. The summed E-state index contributed by atoms with van der Waals surface area (Å²) in [5.74, 6) is 1.22. The van der Waals surface area contributed by atoms with Crippen LogP contribution in [0, 0.1) is 0 Å². The Kier molecular flexibility index (Phi) is 3.16. The van der Waals surface area contributed by atoms with Crippen LogP contribution >= 0.6 is 0 Å². The molecule has 0 amide bonds. The molecule has 1 saturated heterocycles. The molecule has 5 heteroatoms. The number of hydrogen-bond donors (Lipinski definition) is 1. The fraction of sp³-hybridized carbons (Fsp3) is 0.600. The average molecular weight is 271 g/mol. The largest absolute Gasteiger partial charge is 0.314 e. The number of fused-ring (bicyclic) bond motifs is 1. The number of piperazine rings is 1. The zero-order valence-corrected chi connectivity index (χ0v) is 11.8. The molecular formula is C15H21N5. The van der Waals surface area contributed by atoms with Gasteiger partial charge in [-0.05, 0) is 25.0 Å². The predicted octanol–water partition coefficient (Wildman–Crippen LogP) is 1.21. The highest BCUT2D eigenvalue weighted by atomic mass is 15.2. The zero-order valence-electron chi connectivity index (χ0n) is 11.8. The van der Waals surface area contributed by atoms with Crippen molar-refractivity contribution in [2.75, 3.05) is 32.7 Å². The van der Waals surface area contributed by atoms with Gasteiger partial charge in [-0.15, -0.1) is 0 Å². The number of aromatic nitrogens is 3. The third-order valence-electron chi connectivity index (χ3n) is 4.30. The van der Waals surface area contributed by atoms with Crippen LogP contribution < -0.4 is 5.32 Å². The highest BCUT2D eigenvalue weighted by Crippen LogP contribution is 2.38. The van der Waals surface area contributed by atoms with Crippen molar-refractivity contribution < 1.29 is 0 Å². The molecule has 106 valence electrons. The lowest BCUT2D eigenvalue weighted by Crippen LogP contribution is -2.44. The van der Waals surface area contributed by atoms with E-state index in [0.717, 1.165) is 50.3 Å². The highest BCUT2D eigenvalue weighted by Gasteiger charge is 2.28. The Hall–Kier alpha value is -1.46. The van der Waals surface area contributed by atoms with Crippen molar-refractivity contribution in [2.24, 2.45) is 0 Å². The number of imidazole rings is 1. The van der Waals surface area contributed by atoms with Crippen LogP contribution in [0.1, 0.15) is 24.7 Å². The number of nitrogens with one attached hydrogen (secondary N) is 1. The van der Waals surface area contributed by atoms with E-state index >= 15 is 0 Å². The van der Waals surface area contributed by atoms with Gasteiger partial charge in [-0.25, -0.2) is 9.97 Å². The first kappa shape index (κ1) is 12.3. The molecule has 0 atom stereocenters. The maximum Gasteiger partial charge on any atom is 0.160 e. The van der Waals surface area contributed by atoms with Gasteiger partial charge in [0.2, 0.25) is 0 Å². The van der Waals surface area contributed by atoms with E-state index < -0.39 is 0 Å². The molecule has 0 bridgehead atoms. The fourth-order valence-corrected chi connectivity index (χ4v) is 3.06. The Balaban J connectivity index is 1.57. The van der Waals surface area contributed by atoms with Crippen LogP contribution in [0.5, 0.6) is 0 Å². The molecule has 4 rings (SSSR count). The van der Waals surface area contributed by atoms with E-state index in [1.54, 1.807) is 0 Å². The van der Waals surface area contributed by atoms with Gasteiger partial charge in [-0.3, -0.25) is 0 Å². The smallest absolute Gasteiger partial charge is 0.160 e. The molecule has 1 saturated carbocycles. The third kappa shape index (κ3) is 2.31. The fourth-order valence-electron chi connectivity index (χ4n) is 3.06. The van der Waals surface area contributed by atoms with Crippen molar-refractivity contribution in [1.82, 2.24) is 24.8 Å². The van der Waals surface area contributed by atoms with Gasteiger partial charge in [0.05, 0.1) is 0 Å². The van der Waals surface area contributed by atoms with Crippen LogP contribution in [0.15, 0.2) is 18.3 Å². The Morgan fingerprint density at radius 3 is 2.90 bits per heavy atom. The minimum Gasteiger partial charge on any atom is -0.314 e. The SMILES string of the molecule is c1cnc2c(c1)nc(CCN1CCNCC1)n2C1CC1. The van der Waals surface area contributed by atoms with Crippen molar-refractivity contribution in [1.29, 1.82) is 0 Å². The van der Waals surface area contributed by atoms with E-state index in [4.69, 9.17) is 4.98 Å². The van der Waals surface area contributed by atoms with E-state index in [1.807, 2.05) is 12.3 Å². The average Bonchev–Trinajstić information content (AvgIpc) is 3.27. The van der Waals surface area contributed by atoms with E-state index in [0.29, 0.717) is 6.04 Å². The lowest BCUT2D eigenvalue weighted by atomic mass is 10.3. The molecule has 0 spiro atoms. The molecule has 2 fully saturated rings. The predicted molar refractivity (Wildman–Crippen MR) is 78.8 cm³/mol. The van der Waals surface area contributed by atoms with Crippen molar-refractivity contribution in [3.63, 3.8) is 0 Å². The van der Waals surface area contributed by atoms with Gasteiger partial charge >= 0.3 is 0 Å². The number of hydrogen-bond acceptors (Lipinski definition) is 4. The van der Waals surface area contributed by atoms with Gasteiger partial charge in [0.15, 0.2) is 5.65 Å². The third-order valence-corrected chi connectivity index (χ3v) is 4.30. The van der Waals surface area contributed by atoms with Crippen LogP contribution in [0.25, 0.3) is 11.2 Å². The van der Waals surface area contributed by atoms with Crippen LogP contribution in [0.4, 0.5) is 0 Å². The molecule has 2 aliphatic rings. The standard InChI is InChI=1S/C15H21N5/c1-2-13-15(17-6-1)20(12-3-4-12)14(18-13)5-9-19-10-7-16-8-11-19/h1-2,6,12,16H,3-5,7-11H2. The molecule has 0 unspecified atom stereocenters. The lowest BCUT2D eigenvalue weighted by molar-refractivity contribution is 0.242. The Morgan fingerprint density at radius 1 is 1.25 bits per heavy atom. The summed E-state index contributed by atoms with van der Waals surface area (Å²) in [4.78, 5) is 11.9. The monoisotopic (exact) mass is 271 g/mol. The Labute approximate surface area is 119 Å². The first-order valence-electron chi connectivity index (χ1n) is 7.67. The first-order valence-corrected chi connectivity index (χ1v) is 7.67. The second-order valence-corrected chi connectivity index (χ2v) is 5.82. The van der Waals surface area contributed by atoms with Crippen LogP contribution in [-0.2, 0) is 6.42 Å². The summed E-state index contributed by atoms with van der Waals surface area (Å²) in [5.41, 5.74) is 2.13. The molecule has 3 heterocycles. The first-order chi connectivity index (χ1) is 9.92. The Bertz CT molecular complexity index is 595. The molecule has 1 aliphatic heterocycles. The van der Waals surface area contributed by atoms with Crippen molar-refractivity contribution in [3.8, 4) is 0 Å². The second kappa shape index (κ2) is 5.14. The molecule has 20 heavy (non-hydrogen) atoms. The maximum atomic E-state index is 4.82. The van der Waals surface area contributed by atoms with Gasteiger partial charge in [0, 0.05) is 51.4 Å². The number of nitrogens with zero attached hydrogens (tertiary/aromatic N) is 4. The van der Waals surface area contributed by atoms with E-state index in [1.165, 1.54) is 18.7 Å². The van der Waals surface area contributed by atoms with Gasteiger partial charge in [-0.1, -0.05) is 0 Å². The van der Waals surface area contributed by atoms with Gasteiger partial charge in [-0.2, -0.15) is 0 Å². The van der Waals surface area contributed by atoms with Crippen molar-refractivity contribution >= 4 is 11.2 Å². The highest BCUT2D eigenvalue weighted by molar-refractivity contribution is 5.71. The van der Waals surface area contributed by atoms with Gasteiger partial charge < -0.3 is 14.8 Å².